The highest BCUT2D eigenvalue weighted by atomic mass is 32.2. The molecule has 2 aromatic carbocycles. The lowest BCUT2D eigenvalue weighted by atomic mass is 9.73. The van der Waals surface area contributed by atoms with Gasteiger partial charge in [-0.2, -0.15) is 16.8 Å². The van der Waals surface area contributed by atoms with Crippen molar-refractivity contribution in [3.8, 4) is 0 Å². The molecule has 0 aromatic heterocycles. The zero-order chi connectivity index (χ0) is 24.5. The number of carbonyl (C=O) groups excluding carboxylic acids is 2. The Morgan fingerprint density at radius 2 is 1.48 bits per heavy atom. The minimum absolute atomic E-state index is 0.0308. The molecule has 13 heteroatoms. The fourth-order valence-electron chi connectivity index (χ4n) is 4.79. The van der Waals surface area contributed by atoms with Crippen LogP contribution in [0.3, 0.4) is 0 Å². The van der Waals surface area contributed by atoms with Crippen LogP contribution in [0.4, 0.5) is 11.4 Å². The molecule has 11 nitrogen and oxygen atoms in total. The largest absolute Gasteiger partial charge is 0.397 e. The van der Waals surface area contributed by atoms with Crippen LogP contribution in [-0.2, 0) is 20.2 Å². The van der Waals surface area contributed by atoms with E-state index in [1.165, 1.54) is 0 Å². The summed E-state index contributed by atoms with van der Waals surface area (Å²) in [4.78, 5) is 25.5. The third-order valence-corrected chi connectivity index (χ3v) is 7.99. The summed E-state index contributed by atoms with van der Waals surface area (Å²) in [5.74, 6) is -2.16. The van der Waals surface area contributed by atoms with E-state index >= 15 is 0 Å². The molecule has 0 bridgehead atoms. The predicted molar refractivity (Wildman–Crippen MR) is 117 cm³/mol. The van der Waals surface area contributed by atoms with Gasteiger partial charge >= 0.3 is 0 Å². The molecule has 0 radical (unpaired) electrons. The van der Waals surface area contributed by atoms with E-state index in [1.54, 1.807) is 0 Å². The predicted octanol–water partition coefficient (Wildman–Crippen LogP) is 1.10. The first-order valence-corrected chi connectivity index (χ1v) is 12.8. The molecular formula is C20H21N3O8S2. The van der Waals surface area contributed by atoms with Gasteiger partial charge in [0.1, 0.15) is 4.90 Å². The fourth-order valence-corrected chi connectivity index (χ4v) is 6.06. The van der Waals surface area contributed by atoms with Crippen molar-refractivity contribution >= 4 is 43.2 Å². The van der Waals surface area contributed by atoms with Gasteiger partial charge in [0.05, 0.1) is 21.8 Å². The van der Waals surface area contributed by atoms with Crippen LogP contribution in [0.1, 0.15) is 69.0 Å². The number of carbonyl (C=O) groups is 2. The second-order valence-electron chi connectivity index (χ2n) is 8.26. The summed E-state index contributed by atoms with van der Waals surface area (Å²) in [6.45, 7) is 0. The number of fused-ring (bicyclic) bond motifs is 2. The monoisotopic (exact) mass is 495 g/mol. The first-order valence-electron chi connectivity index (χ1n) is 9.92. The molecule has 176 valence electrons. The Balaban J connectivity index is 2.10. The summed E-state index contributed by atoms with van der Waals surface area (Å²) in [5.41, 5.74) is 15.9. The Labute approximate surface area is 189 Å². The number of hydrogen-bond donors (Lipinski definition) is 5. The molecule has 4 rings (SSSR count). The van der Waals surface area contributed by atoms with E-state index in [1.807, 2.05) is 0 Å². The van der Waals surface area contributed by atoms with Crippen LogP contribution in [0.2, 0.25) is 0 Å². The highest BCUT2D eigenvalue weighted by molar-refractivity contribution is 7.86. The van der Waals surface area contributed by atoms with Crippen molar-refractivity contribution in [1.29, 1.82) is 0 Å². The Morgan fingerprint density at radius 1 is 0.848 bits per heavy atom. The summed E-state index contributed by atoms with van der Waals surface area (Å²) in [7, 11) is -9.65. The molecule has 1 fully saturated rings. The number of hydrogen-bond acceptors (Lipinski definition) is 9. The molecule has 0 heterocycles. The summed E-state index contributed by atoms with van der Waals surface area (Å²) >= 11 is 0. The molecule has 2 aliphatic carbocycles. The summed E-state index contributed by atoms with van der Waals surface area (Å²) < 4.78 is 66.6. The van der Waals surface area contributed by atoms with Gasteiger partial charge in [-0.1, -0.05) is 6.42 Å². The second kappa shape index (κ2) is 7.60. The average molecular weight is 496 g/mol. The zero-order valence-electron chi connectivity index (χ0n) is 17.1. The molecule has 0 spiro atoms. The van der Waals surface area contributed by atoms with Crippen LogP contribution in [0.5, 0.6) is 0 Å². The van der Waals surface area contributed by atoms with Crippen LogP contribution >= 0.6 is 0 Å². The van der Waals surface area contributed by atoms with Gasteiger partial charge in [0, 0.05) is 22.7 Å². The smallest absolute Gasteiger partial charge is 0.298 e. The van der Waals surface area contributed by atoms with E-state index in [0.29, 0.717) is 25.7 Å². The zero-order valence-corrected chi connectivity index (χ0v) is 18.7. The van der Waals surface area contributed by atoms with Gasteiger partial charge in [-0.25, -0.2) is 0 Å². The van der Waals surface area contributed by atoms with Gasteiger partial charge in [0.25, 0.3) is 20.2 Å². The van der Waals surface area contributed by atoms with E-state index in [-0.39, 0.29) is 28.3 Å². The number of nitrogens with two attached hydrogens (primary N) is 3. The van der Waals surface area contributed by atoms with Crippen LogP contribution in [0, 0.1) is 0 Å². The van der Waals surface area contributed by atoms with Crippen molar-refractivity contribution in [2.24, 2.45) is 5.73 Å². The van der Waals surface area contributed by atoms with Gasteiger partial charge < -0.3 is 17.2 Å². The highest BCUT2D eigenvalue weighted by Gasteiger charge is 2.41. The van der Waals surface area contributed by atoms with Crippen molar-refractivity contribution in [2.75, 3.05) is 11.5 Å². The Kier molecular flexibility index (Phi) is 5.37. The van der Waals surface area contributed by atoms with Crippen LogP contribution in [0.15, 0.2) is 28.0 Å². The lowest BCUT2D eigenvalue weighted by Crippen LogP contribution is -2.31. The van der Waals surface area contributed by atoms with Crippen LogP contribution in [-0.4, -0.2) is 43.5 Å². The molecule has 8 N–H and O–H groups in total. The van der Waals surface area contributed by atoms with E-state index in [4.69, 9.17) is 17.2 Å². The van der Waals surface area contributed by atoms with E-state index in [0.717, 1.165) is 18.2 Å². The minimum atomic E-state index is -4.97. The molecule has 33 heavy (non-hydrogen) atoms. The maximum atomic E-state index is 13.6. The molecule has 0 amide bonds. The van der Waals surface area contributed by atoms with Crippen molar-refractivity contribution < 1.29 is 35.5 Å². The van der Waals surface area contributed by atoms with Crippen molar-refractivity contribution in [1.82, 2.24) is 0 Å². The maximum absolute atomic E-state index is 13.6. The Hall–Kier alpha value is -2.84. The first-order chi connectivity index (χ1) is 15.2. The van der Waals surface area contributed by atoms with Gasteiger partial charge in [0.2, 0.25) is 0 Å². The molecule has 2 aromatic rings. The molecule has 1 saturated carbocycles. The van der Waals surface area contributed by atoms with Crippen LogP contribution in [0.25, 0.3) is 0 Å². The van der Waals surface area contributed by atoms with Gasteiger partial charge in [-0.3, -0.25) is 18.7 Å². The summed E-state index contributed by atoms with van der Waals surface area (Å²) in [6, 6.07) is 2.56. The topological polar surface area (TPSA) is 221 Å². The third-order valence-electron chi connectivity index (χ3n) is 6.18. The number of ketones is 2. The second-order valence-corrected chi connectivity index (χ2v) is 11.0. The fraction of sp³-hybridized carbons (Fsp3) is 0.300. The standard InChI is InChI=1S/C20H21N3O8S2/c21-9-3-1-2-8(6-9)13-14-15(17(23)20(16(13)22)33(29,30)31)18(24)11-5-4-10(32(26,27)28)7-12(11)19(14)25/h4-5,7-9H,1-3,6,21-23H2,(H,26,27,28)(H,29,30,31). The lowest BCUT2D eigenvalue weighted by Gasteiger charge is -2.32. The number of benzene rings is 2. The number of rotatable bonds is 3. The number of anilines is 2. The van der Waals surface area contributed by atoms with E-state index in [9.17, 15) is 35.5 Å². The molecule has 2 aliphatic rings. The van der Waals surface area contributed by atoms with Gasteiger partial charge in [-0.05, 0) is 48.9 Å². The lowest BCUT2D eigenvalue weighted by molar-refractivity contribution is 0.0978. The van der Waals surface area contributed by atoms with E-state index in [2.05, 4.69) is 0 Å². The third kappa shape index (κ3) is 3.71. The molecule has 0 saturated heterocycles. The van der Waals surface area contributed by atoms with Crippen LogP contribution < -0.4 is 17.2 Å². The normalized spacial score (nSPS) is 20.9. The van der Waals surface area contributed by atoms with Gasteiger partial charge in [-0.15, -0.1) is 0 Å². The minimum Gasteiger partial charge on any atom is -0.397 e. The molecular weight excluding hydrogens is 474 g/mol. The average Bonchev–Trinajstić information content (AvgIpc) is 2.69. The Bertz CT molecular complexity index is 1450. The summed E-state index contributed by atoms with van der Waals surface area (Å²) in [6.07, 6.45) is 2.17. The SMILES string of the molecule is Nc1c2c(c(C3CCCC(N)C3)c(N)c1S(=O)(=O)O)C(=O)c1cc(S(=O)(=O)O)ccc1C2=O. The first kappa shape index (κ1) is 23.3. The molecule has 0 aliphatic heterocycles. The highest BCUT2D eigenvalue weighted by Crippen LogP contribution is 2.47. The van der Waals surface area contributed by atoms with Crippen molar-refractivity contribution in [3.05, 3.63) is 46.0 Å². The Morgan fingerprint density at radius 3 is 2.06 bits per heavy atom. The number of nitrogen functional groups attached to an aromatic ring is 2. The van der Waals surface area contributed by atoms with E-state index < -0.39 is 64.4 Å². The maximum Gasteiger partial charge on any atom is 0.298 e. The molecule has 2 unspecified atom stereocenters. The molecule has 2 atom stereocenters. The van der Waals surface area contributed by atoms with Crippen molar-refractivity contribution in [3.63, 3.8) is 0 Å². The van der Waals surface area contributed by atoms with Gasteiger partial charge in [0.15, 0.2) is 11.6 Å². The van der Waals surface area contributed by atoms with Crippen molar-refractivity contribution in [2.45, 2.75) is 47.4 Å². The summed E-state index contributed by atoms with van der Waals surface area (Å²) in [5, 5.41) is 0. The quantitative estimate of drug-likeness (QED) is 0.256.